The monoisotopic (exact) mass is 558 g/mol. The Bertz CT molecular complexity index is 631. The third-order valence-corrected chi connectivity index (χ3v) is 11.3. The van der Waals surface area contributed by atoms with E-state index in [-0.39, 0.29) is 0 Å². The molecule has 0 bridgehead atoms. The summed E-state index contributed by atoms with van der Waals surface area (Å²) < 4.78 is 135. The Morgan fingerprint density at radius 1 is 0.588 bits per heavy atom. The number of hydrogen-bond donors (Lipinski definition) is 0. The number of unbranched alkanes of at least 4 members (excludes halogenated alkanes) is 4. The van der Waals surface area contributed by atoms with Crippen LogP contribution in [0.3, 0.4) is 0 Å². The molecular formula is C20H36F9O3PS. The summed E-state index contributed by atoms with van der Waals surface area (Å²) in [6.45, 7) is 9.42. The van der Waals surface area contributed by atoms with Crippen LogP contribution >= 0.6 is 7.26 Å². The van der Waals surface area contributed by atoms with Gasteiger partial charge in [0.2, 0.25) is 0 Å². The maximum Gasteiger partial charge on any atom is 0.460 e. The van der Waals surface area contributed by atoms with E-state index in [2.05, 4.69) is 27.7 Å². The molecule has 0 rings (SSSR count). The van der Waals surface area contributed by atoms with Gasteiger partial charge in [-0.25, -0.2) is 8.42 Å². The molecule has 0 radical (unpaired) electrons. The van der Waals surface area contributed by atoms with E-state index in [4.69, 9.17) is 0 Å². The fourth-order valence-electron chi connectivity index (χ4n) is 3.16. The molecule has 0 aromatic rings. The zero-order chi connectivity index (χ0) is 27.5. The van der Waals surface area contributed by atoms with Gasteiger partial charge in [0.15, 0.2) is 10.1 Å². The van der Waals surface area contributed by atoms with Gasteiger partial charge < -0.3 is 4.55 Å². The number of rotatable bonds is 15. The molecule has 0 aliphatic heterocycles. The zero-order valence-electron chi connectivity index (χ0n) is 20.0. The molecule has 0 aromatic heterocycles. The van der Waals surface area contributed by atoms with Gasteiger partial charge in [-0.2, -0.15) is 39.5 Å². The van der Waals surface area contributed by atoms with Crippen LogP contribution in [-0.2, 0) is 10.1 Å². The highest BCUT2D eigenvalue weighted by atomic mass is 32.2. The van der Waals surface area contributed by atoms with Crippen molar-refractivity contribution in [3.05, 3.63) is 0 Å². The van der Waals surface area contributed by atoms with Gasteiger partial charge in [-0.1, -0.05) is 53.4 Å². The molecule has 208 valence electrons. The summed E-state index contributed by atoms with van der Waals surface area (Å²) in [6.07, 6.45) is 10.8. The molecule has 34 heavy (non-hydrogen) atoms. The minimum Gasteiger partial charge on any atom is -0.743 e. The Morgan fingerprint density at radius 3 is 1.03 bits per heavy atom. The lowest BCUT2D eigenvalue weighted by atomic mass is 10.1. The molecule has 0 unspecified atom stereocenters. The number of hydrogen-bond acceptors (Lipinski definition) is 3. The largest absolute Gasteiger partial charge is 0.743 e. The highest BCUT2D eigenvalue weighted by Crippen LogP contribution is 2.61. The Kier molecular flexibility index (Phi) is 15.2. The highest BCUT2D eigenvalue weighted by Gasteiger charge is 2.83. The van der Waals surface area contributed by atoms with Crippen LogP contribution in [0.5, 0.6) is 0 Å². The molecule has 0 saturated heterocycles. The maximum absolute atomic E-state index is 12.2. The summed E-state index contributed by atoms with van der Waals surface area (Å²) in [6, 6.07) is 0. The molecule has 14 heteroatoms. The highest BCUT2D eigenvalue weighted by molar-refractivity contribution is 7.86. The van der Waals surface area contributed by atoms with Crippen molar-refractivity contribution in [2.45, 2.75) is 102 Å². The molecule has 0 atom stereocenters. The van der Waals surface area contributed by atoms with Gasteiger partial charge in [-0.3, -0.25) is 0 Å². The normalized spacial score (nSPS) is 14.1. The van der Waals surface area contributed by atoms with Gasteiger partial charge in [0, 0.05) is 7.26 Å². The minimum atomic E-state index is -7.43. The van der Waals surface area contributed by atoms with Crippen LogP contribution in [0.2, 0.25) is 0 Å². The molecule has 3 nitrogen and oxygen atoms in total. The van der Waals surface area contributed by atoms with E-state index in [1.54, 1.807) is 24.6 Å². The second-order valence-corrected chi connectivity index (χ2v) is 14.2. The Labute approximate surface area is 197 Å². The first-order chi connectivity index (χ1) is 15.2. The number of halogens is 9. The van der Waals surface area contributed by atoms with Crippen molar-refractivity contribution in [2.24, 2.45) is 0 Å². The van der Waals surface area contributed by atoms with E-state index in [0.717, 1.165) is 0 Å². The van der Waals surface area contributed by atoms with E-state index in [1.165, 1.54) is 51.4 Å². The van der Waals surface area contributed by atoms with Gasteiger partial charge in [0.05, 0.1) is 24.6 Å². The minimum absolute atomic E-state index is 0.562. The second kappa shape index (κ2) is 14.4. The molecule has 0 amide bonds. The first-order valence-corrected chi connectivity index (χ1v) is 15.2. The molecule has 0 aromatic carbocycles. The third kappa shape index (κ3) is 9.64. The van der Waals surface area contributed by atoms with Gasteiger partial charge in [0.1, 0.15) is 0 Å². The first kappa shape index (κ1) is 35.9. The average molecular weight is 559 g/mol. The van der Waals surface area contributed by atoms with Crippen molar-refractivity contribution in [3.63, 3.8) is 0 Å². The van der Waals surface area contributed by atoms with Gasteiger partial charge in [-0.15, -0.1) is 0 Å². The van der Waals surface area contributed by atoms with Crippen molar-refractivity contribution >= 4 is 17.4 Å². The molecule has 0 spiro atoms. The third-order valence-electron chi connectivity index (χ3n) is 5.37. The first-order valence-electron chi connectivity index (χ1n) is 11.2. The predicted molar refractivity (Wildman–Crippen MR) is 117 cm³/mol. The van der Waals surface area contributed by atoms with Gasteiger partial charge in [-0.05, 0) is 25.7 Å². The van der Waals surface area contributed by atoms with Crippen molar-refractivity contribution in [1.82, 2.24) is 0 Å². The topological polar surface area (TPSA) is 57.2 Å². The lowest BCUT2D eigenvalue weighted by Gasteiger charge is -2.34. The Balaban J connectivity index is 0. The van der Waals surface area contributed by atoms with Crippen LogP contribution in [-0.4, -0.2) is 60.9 Å². The summed E-state index contributed by atoms with van der Waals surface area (Å²) in [5, 5.41) is -7.11. The zero-order valence-corrected chi connectivity index (χ0v) is 21.7. The van der Waals surface area contributed by atoms with E-state index in [1.807, 2.05) is 0 Å². The smallest absolute Gasteiger partial charge is 0.460 e. The molecule has 0 aliphatic carbocycles. The van der Waals surface area contributed by atoms with Crippen molar-refractivity contribution in [1.29, 1.82) is 0 Å². The standard InChI is InChI=1S/C16H36P.C4HF9O3S/c1-5-9-13-17(14-10-6-2,15-11-7-3)16-12-8-4;5-1(6,3(9,10)11)2(7,8)4(12,13)17(14,15)16/h5-16H2,1-4H3;(H,14,15,16)/q+1;/p-1. The van der Waals surface area contributed by atoms with Crippen LogP contribution < -0.4 is 0 Å². The van der Waals surface area contributed by atoms with Crippen molar-refractivity contribution in [2.75, 3.05) is 24.6 Å². The fourth-order valence-corrected chi connectivity index (χ4v) is 8.89. The number of alkyl halides is 9. The maximum atomic E-state index is 12.2. The summed E-state index contributed by atoms with van der Waals surface area (Å²) in [4.78, 5) is 0. The molecule has 0 heterocycles. The predicted octanol–water partition coefficient (Wildman–Crippen LogP) is 8.16. The van der Waals surface area contributed by atoms with Crippen LogP contribution in [0.25, 0.3) is 0 Å². The lowest BCUT2D eigenvalue weighted by Crippen LogP contribution is -2.63. The van der Waals surface area contributed by atoms with Crippen LogP contribution in [0.15, 0.2) is 0 Å². The van der Waals surface area contributed by atoms with Crippen LogP contribution in [0.1, 0.15) is 79.1 Å². The lowest BCUT2D eigenvalue weighted by molar-refractivity contribution is -0.382. The van der Waals surface area contributed by atoms with Crippen molar-refractivity contribution in [3.8, 4) is 0 Å². The van der Waals surface area contributed by atoms with E-state index in [9.17, 15) is 52.5 Å². The summed E-state index contributed by atoms with van der Waals surface area (Å²) in [7, 11) is -7.98. The summed E-state index contributed by atoms with van der Waals surface area (Å²) in [5.74, 6) is -14.8. The molecule has 0 saturated carbocycles. The second-order valence-electron chi connectivity index (χ2n) is 8.27. The van der Waals surface area contributed by atoms with Crippen molar-refractivity contribution < 1.29 is 52.5 Å². The molecule has 0 fully saturated rings. The molecule has 0 N–H and O–H groups in total. The van der Waals surface area contributed by atoms with Gasteiger partial charge >= 0.3 is 23.3 Å². The van der Waals surface area contributed by atoms with E-state index in [0.29, 0.717) is 0 Å². The average Bonchev–Trinajstić information content (AvgIpc) is 2.71. The SMILES string of the molecule is CCCC[P+](CCCC)(CCCC)CCCC.O=S(=O)([O-])C(F)(F)C(F)(F)C(F)(F)C(F)(F)F. The van der Waals surface area contributed by atoms with E-state index >= 15 is 0 Å². The summed E-state index contributed by atoms with van der Waals surface area (Å²) >= 11 is 0. The molecular weight excluding hydrogens is 522 g/mol. The quantitative estimate of drug-likeness (QED) is 0.116. The van der Waals surface area contributed by atoms with E-state index < -0.39 is 40.7 Å². The fraction of sp³-hybridized carbons (Fsp3) is 1.00. The van der Waals surface area contributed by atoms with Crippen LogP contribution in [0, 0.1) is 0 Å². The molecule has 0 aliphatic rings. The Morgan fingerprint density at radius 2 is 0.853 bits per heavy atom. The summed E-state index contributed by atoms with van der Waals surface area (Å²) in [5.41, 5.74) is 0. The van der Waals surface area contributed by atoms with Crippen LogP contribution in [0.4, 0.5) is 39.5 Å². The van der Waals surface area contributed by atoms with Gasteiger partial charge in [0.25, 0.3) is 0 Å². The Hall–Kier alpha value is -0.290.